The van der Waals surface area contributed by atoms with Gasteiger partial charge < -0.3 is 20.4 Å². The maximum atomic E-state index is 13.5. The van der Waals surface area contributed by atoms with Gasteiger partial charge >= 0.3 is 6.03 Å². The number of hydrogen-bond donors (Lipinski definition) is 2. The second kappa shape index (κ2) is 10.3. The second-order valence-corrected chi connectivity index (χ2v) is 9.28. The molecule has 3 amide bonds. The van der Waals surface area contributed by atoms with Crippen molar-refractivity contribution < 1.29 is 9.59 Å². The molecule has 7 heteroatoms. The van der Waals surface area contributed by atoms with Crippen molar-refractivity contribution in [2.45, 2.75) is 39.0 Å². The molecule has 0 aliphatic carbocycles. The van der Waals surface area contributed by atoms with Crippen molar-refractivity contribution in [2.24, 2.45) is 5.92 Å². The fourth-order valence-electron chi connectivity index (χ4n) is 4.44. The Morgan fingerprint density at radius 2 is 1.59 bits per heavy atom. The van der Waals surface area contributed by atoms with Crippen molar-refractivity contribution in [1.82, 2.24) is 4.90 Å². The molecule has 2 saturated heterocycles. The van der Waals surface area contributed by atoms with E-state index in [1.54, 1.807) is 24.3 Å². The largest absolute Gasteiger partial charge is 0.371 e. The van der Waals surface area contributed by atoms with Crippen LogP contribution in [0.1, 0.15) is 49.4 Å². The summed E-state index contributed by atoms with van der Waals surface area (Å²) >= 11 is 6.00. The number of rotatable bonds is 4. The minimum atomic E-state index is -0.372. The molecular weight excluding hydrogens is 424 g/mol. The van der Waals surface area contributed by atoms with Gasteiger partial charge in [-0.3, -0.25) is 4.79 Å². The van der Waals surface area contributed by atoms with Crippen molar-refractivity contribution in [3.05, 3.63) is 53.1 Å². The van der Waals surface area contributed by atoms with Crippen LogP contribution in [-0.4, -0.2) is 43.0 Å². The molecule has 32 heavy (non-hydrogen) atoms. The van der Waals surface area contributed by atoms with Crippen LogP contribution in [0.5, 0.6) is 0 Å². The average Bonchev–Trinajstić information content (AvgIpc) is 2.79. The van der Waals surface area contributed by atoms with Gasteiger partial charge in [0.25, 0.3) is 5.91 Å². The van der Waals surface area contributed by atoms with Crippen LogP contribution in [0.2, 0.25) is 5.02 Å². The topological polar surface area (TPSA) is 64.7 Å². The maximum Gasteiger partial charge on any atom is 0.323 e. The first-order valence-corrected chi connectivity index (χ1v) is 11.9. The molecule has 2 aliphatic heterocycles. The Balaban J connectivity index is 1.55. The zero-order chi connectivity index (χ0) is 22.5. The Bertz CT molecular complexity index is 966. The molecule has 0 saturated carbocycles. The molecule has 0 unspecified atom stereocenters. The highest BCUT2D eigenvalue weighted by molar-refractivity contribution is 6.30. The zero-order valence-electron chi connectivity index (χ0n) is 18.6. The lowest BCUT2D eigenvalue weighted by molar-refractivity contribution is 0.0698. The van der Waals surface area contributed by atoms with E-state index in [1.807, 2.05) is 23.1 Å². The lowest BCUT2D eigenvalue weighted by Gasteiger charge is -2.34. The van der Waals surface area contributed by atoms with Crippen LogP contribution in [0, 0.1) is 5.92 Å². The molecule has 170 valence electrons. The summed E-state index contributed by atoms with van der Waals surface area (Å²) in [5.74, 6) is 0.708. The summed E-state index contributed by atoms with van der Waals surface area (Å²) in [6.45, 7) is 5.72. The Morgan fingerprint density at radius 3 is 2.28 bits per heavy atom. The summed E-state index contributed by atoms with van der Waals surface area (Å²) in [6.07, 6.45) is 5.57. The van der Waals surface area contributed by atoms with Crippen molar-refractivity contribution in [1.29, 1.82) is 0 Å². The van der Waals surface area contributed by atoms with Gasteiger partial charge in [-0.2, -0.15) is 0 Å². The summed E-state index contributed by atoms with van der Waals surface area (Å²) in [7, 11) is 0. The summed E-state index contributed by atoms with van der Waals surface area (Å²) in [5.41, 5.74) is 2.84. The predicted molar refractivity (Wildman–Crippen MR) is 131 cm³/mol. The first-order chi connectivity index (χ1) is 15.5. The lowest BCUT2D eigenvalue weighted by Crippen LogP contribution is -2.39. The third-order valence-corrected chi connectivity index (χ3v) is 6.57. The van der Waals surface area contributed by atoms with E-state index in [-0.39, 0.29) is 11.9 Å². The van der Waals surface area contributed by atoms with Gasteiger partial charge in [-0.1, -0.05) is 24.6 Å². The highest BCUT2D eigenvalue weighted by Gasteiger charge is 2.26. The number of carbonyl (C=O) groups is 2. The smallest absolute Gasteiger partial charge is 0.323 e. The molecule has 4 rings (SSSR count). The van der Waals surface area contributed by atoms with Crippen molar-refractivity contribution in [2.75, 3.05) is 41.7 Å². The van der Waals surface area contributed by atoms with E-state index in [4.69, 9.17) is 11.6 Å². The van der Waals surface area contributed by atoms with Crippen LogP contribution in [0.25, 0.3) is 0 Å². The molecule has 2 fully saturated rings. The number of hydrogen-bond acceptors (Lipinski definition) is 3. The van der Waals surface area contributed by atoms with Gasteiger partial charge in [0.05, 0.1) is 5.56 Å². The van der Waals surface area contributed by atoms with Crippen molar-refractivity contribution >= 4 is 40.6 Å². The lowest BCUT2D eigenvalue weighted by atomic mass is 9.98. The van der Waals surface area contributed by atoms with E-state index in [2.05, 4.69) is 22.5 Å². The first-order valence-electron chi connectivity index (χ1n) is 11.5. The number of anilines is 3. The van der Waals surface area contributed by atoms with Gasteiger partial charge in [-0.25, -0.2) is 4.79 Å². The van der Waals surface area contributed by atoms with Gasteiger partial charge in [0.2, 0.25) is 0 Å². The normalized spacial score (nSPS) is 17.2. The molecule has 2 heterocycles. The molecule has 2 aliphatic rings. The van der Waals surface area contributed by atoms with Crippen LogP contribution in [0.3, 0.4) is 0 Å². The summed E-state index contributed by atoms with van der Waals surface area (Å²) in [5, 5.41) is 6.20. The third-order valence-electron chi connectivity index (χ3n) is 6.33. The number of likely N-dealkylation sites (tertiary alicyclic amines) is 1. The SMILES string of the molecule is CC1CCN(C(=O)c2cc(NC(=O)Nc3cccc(Cl)c3)ccc2N2CCCCC2)CC1. The van der Waals surface area contributed by atoms with E-state index in [0.717, 1.165) is 57.5 Å². The van der Waals surface area contributed by atoms with E-state index in [9.17, 15) is 9.59 Å². The zero-order valence-corrected chi connectivity index (χ0v) is 19.3. The van der Waals surface area contributed by atoms with Gasteiger partial charge in [0.1, 0.15) is 0 Å². The van der Waals surface area contributed by atoms with Crippen molar-refractivity contribution in [3.63, 3.8) is 0 Å². The van der Waals surface area contributed by atoms with E-state index < -0.39 is 0 Å². The predicted octanol–water partition coefficient (Wildman–Crippen LogP) is 5.85. The molecule has 6 nitrogen and oxygen atoms in total. The fourth-order valence-corrected chi connectivity index (χ4v) is 4.63. The second-order valence-electron chi connectivity index (χ2n) is 8.84. The minimum Gasteiger partial charge on any atom is -0.371 e. The highest BCUT2D eigenvalue weighted by Crippen LogP contribution is 2.30. The van der Waals surface area contributed by atoms with Crippen LogP contribution in [-0.2, 0) is 0 Å². The molecule has 0 spiro atoms. The fraction of sp³-hybridized carbons (Fsp3) is 0.440. The van der Waals surface area contributed by atoms with Crippen LogP contribution >= 0.6 is 11.6 Å². The molecule has 2 N–H and O–H groups in total. The van der Waals surface area contributed by atoms with Gasteiger partial charge in [0, 0.05) is 48.3 Å². The van der Waals surface area contributed by atoms with E-state index in [0.29, 0.717) is 27.9 Å². The molecule has 0 atom stereocenters. The number of piperidine rings is 2. The van der Waals surface area contributed by atoms with Crippen LogP contribution in [0.15, 0.2) is 42.5 Å². The standard InChI is InChI=1S/C25H31ClN4O2/c1-18-10-14-30(15-11-18)24(31)22-17-21(8-9-23(22)29-12-3-2-4-13-29)28-25(32)27-20-7-5-6-19(26)16-20/h5-9,16-18H,2-4,10-15H2,1H3,(H2,27,28,32). The van der Waals surface area contributed by atoms with Crippen molar-refractivity contribution in [3.8, 4) is 0 Å². The number of amides is 3. The molecule has 0 bridgehead atoms. The molecular formula is C25H31ClN4O2. The maximum absolute atomic E-state index is 13.5. The summed E-state index contributed by atoms with van der Waals surface area (Å²) < 4.78 is 0. The molecule has 2 aromatic rings. The van der Waals surface area contributed by atoms with Crippen LogP contribution in [0.4, 0.5) is 21.9 Å². The Hall–Kier alpha value is -2.73. The Morgan fingerprint density at radius 1 is 0.906 bits per heavy atom. The minimum absolute atomic E-state index is 0.0522. The Labute approximate surface area is 194 Å². The number of nitrogens with one attached hydrogen (secondary N) is 2. The summed E-state index contributed by atoms with van der Waals surface area (Å²) in [4.78, 5) is 30.3. The first kappa shape index (κ1) is 22.5. The Kier molecular flexibility index (Phi) is 7.20. The highest BCUT2D eigenvalue weighted by atomic mass is 35.5. The van der Waals surface area contributed by atoms with E-state index >= 15 is 0 Å². The van der Waals surface area contributed by atoms with Gasteiger partial charge in [-0.15, -0.1) is 0 Å². The van der Waals surface area contributed by atoms with Gasteiger partial charge in [0.15, 0.2) is 0 Å². The number of nitrogens with zero attached hydrogens (tertiary/aromatic N) is 2. The third kappa shape index (κ3) is 5.54. The van der Waals surface area contributed by atoms with Gasteiger partial charge in [-0.05, 0) is 74.4 Å². The van der Waals surface area contributed by atoms with E-state index in [1.165, 1.54) is 6.42 Å². The molecule has 2 aromatic carbocycles. The quantitative estimate of drug-likeness (QED) is 0.609. The number of halogens is 1. The molecule has 0 aromatic heterocycles. The number of urea groups is 1. The monoisotopic (exact) mass is 454 g/mol. The average molecular weight is 455 g/mol. The summed E-state index contributed by atoms with van der Waals surface area (Å²) in [6, 6.07) is 12.3. The number of carbonyl (C=O) groups excluding carboxylic acids is 2. The number of benzene rings is 2. The van der Waals surface area contributed by atoms with Crippen LogP contribution < -0.4 is 15.5 Å². The molecule has 0 radical (unpaired) electrons.